The van der Waals surface area contributed by atoms with Crippen molar-refractivity contribution in [2.75, 3.05) is 39.3 Å². The normalized spacial score (nSPS) is 21.4. The van der Waals surface area contributed by atoms with E-state index in [0.29, 0.717) is 12.1 Å². The van der Waals surface area contributed by atoms with E-state index < -0.39 is 0 Å². The van der Waals surface area contributed by atoms with Crippen LogP contribution in [0.5, 0.6) is 0 Å². The highest BCUT2D eigenvalue weighted by atomic mass is 16.3. The predicted molar refractivity (Wildman–Crippen MR) is 72.3 cm³/mol. The van der Waals surface area contributed by atoms with Gasteiger partial charge in [0.15, 0.2) is 0 Å². The lowest BCUT2D eigenvalue weighted by Crippen LogP contribution is -2.53. The van der Waals surface area contributed by atoms with Crippen molar-refractivity contribution in [3.63, 3.8) is 0 Å². The Kier molecular flexibility index (Phi) is 6.41. The van der Waals surface area contributed by atoms with Gasteiger partial charge in [-0.05, 0) is 13.8 Å². The van der Waals surface area contributed by atoms with E-state index in [4.69, 9.17) is 0 Å². The molecule has 4 heteroatoms. The van der Waals surface area contributed by atoms with Gasteiger partial charge < -0.3 is 10.4 Å². The van der Waals surface area contributed by atoms with Crippen molar-refractivity contribution >= 4 is 0 Å². The van der Waals surface area contributed by atoms with Crippen LogP contribution in [0, 0.1) is 0 Å². The first-order chi connectivity index (χ1) is 8.02. The Balaban J connectivity index is 2.28. The van der Waals surface area contributed by atoms with Crippen molar-refractivity contribution in [1.82, 2.24) is 15.1 Å². The monoisotopic (exact) mass is 243 g/mol. The molecule has 0 amide bonds. The summed E-state index contributed by atoms with van der Waals surface area (Å²) in [7, 11) is 0. The zero-order valence-corrected chi connectivity index (χ0v) is 11.8. The van der Waals surface area contributed by atoms with Crippen molar-refractivity contribution in [3.8, 4) is 0 Å². The average molecular weight is 243 g/mol. The molecule has 1 unspecified atom stereocenters. The van der Waals surface area contributed by atoms with E-state index in [1.54, 1.807) is 0 Å². The standard InChI is InChI=1S/C13H29N3O/c1-11(2)14-13(10-17)9-15-5-7-16(8-6-15)12(3)4/h11-14,17H,5-10H2,1-4H3. The third kappa shape index (κ3) is 5.34. The molecule has 0 spiro atoms. The quantitative estimate of drug-likeness (QED) is 0.707. The SMILES string of the molecule is CC(C)NC(CO)CN1CCN(C(C)C)CC1. The molecule has 1 aliphatic heterocycles. The molecule has 0 aromatic heterocycles. The number of hydrogen-bond donors (Lipinski definition) is 2. The summed E-state index contributed by atoms with van der Waals surface area (Å²) >= 11 is 0. The maximum Gasteiger partial charge on any atom is 0.0597 e. The number of rotatable bonds is 6. The highest BCUT2D eigenvalue weighted by molar-refractivity contribution is 4.79. The second-order valence-corrected chi connectivity index (χ2v) is 5.63. The molecule has 0 aromatic rings. The first kappa shape index (κ1) is 14.9. The molecular weight excluding hydrogens is 214 g/mol. The van der Waals surface area contributed by atoms with Gasteiger partial charge in [-0.1, -0.05) is 13.8 Å². The Hall–Kier alpha value is -0.160. The lowest BCUT2D eigenvalue weighted by molar-refractivity contribution is 0.0908. The molecule has 0 aromatic carbocycles. The summed E-state index contributed by atoms with van der Waals surface area (Å²) in [4.78, 5) is 4.97. The first-order valence-corrected chi connectivity index (χ1v) is 6.86. The topological polar surface area (TPSA) is 38.7 Å². The van der Waals surface area contributed by atoms with Crippen LogP contribution in [-0.2, 0) is 0 Å². The maximum absolute atomic E-state index is 9.35. The van der Waals surface area contributed by atoms with Gasteiger partial charge in [0.25, 0.3) is 0 Å². The summed E-state index contributed by atoms with van der Waals surface area (Å²) < 4.78 is 0. The zero-order chi connectivity index (χ0) is 12.8. The third-order valence-corrected chi connectivity index (χ3v) is 3.41. The molecular formula is C13H29N3O. The van der Waals surface area contributed by atoms with Crippen molar-refractivity contribution in [1.29, 1.82) is 0 Å². The molecule has 1 atom stereocenters. The van der Waals surface area contributed by atoms with Crippen LogP contribution in [0.2, 0.25) is 0 Å². The number of aliphatic hydroxyl groups excluding tert-OH is 1. The van der Waals surface area contributed by atoms with Gasteiger partial charge in [-0.15, -0.1) is 0 Å². The lowest BCUT2D eigenvalue weighted by Gasteiger charge is -2.38. The smallest absolute Gasteiger partial charge is 0.0597 e. The highest BCUT2D eigenvalue weighted by Crippen LogP contribution is 2.06. The minimum absolute atomic E-state index is 0.209. The van der Waals surface area contributed by atoms with Crippen molar-refractivity contribution in [2.24, 2.45) is 0 Å². The summed E-state index contributed by atoms with van der Waals surface area (Å²) in [6, 6.07) is 1.30. The molecule has 102 valence electrons. The summed E-state index contributed by atoms with van der Waals surface area (Å²) in [5.74, 6) is 0. The van der Waals surface area contributed by atoms with E-state index in [0.717, 1.165) is 32.7 Å². The van der Waals surface area contributed by atoms with Crippen LogP contribution >= 0.6 is 0 Å². The summed E-state index contributed by atoms with van der Waals surface area (Å²) in [5, 5.41) is 12.8. The molecule has 1 rings (SSSR count). The van der Waals surface area contributed by atoms with Crippen molar-refractivity contribution in [2.45, 2.75) is 45.8 Å². The molecule has 0 radical (unpaired) electrons. The number of nitrogens with one attached hydrogen (secondary N) is 1. The molecule has 17 heavy (non-hydrogen) atoms. The third-order valence-electron chi connectivity index (χ3n) is 3.41. The lowest BCUT2D eigenvalue weighted by atomic mass is 10.2. The van der Waals surface area contributed by atoms with E-state index in [1.807, 2.05) is 0 Å². The molecule has 2 N–H and O–H groups in total. The van der Waals surface area contributed by atoms with Gasteiger partial charge in [0.1, 0.15) is 0 Å². The van der Waals surface area contributed by atoms with Crippen LogP contribution < -0.4 is 5.32 Å². The number of hydrogen-bond acceptors (Lipinski definition) is 4. The fraction of sp³-hybridized carbons (Fsp3) is 1.00. The molecule has 1 fully saturated rings. The van der Waals surface area contributed by atoms with Crippen LogP contribution in [0.4, 0.5) is 0 Å². The minimum atomic E-state index is 0.209. The van der Waals surface area contributed by atoms with Crippen molar-refractivity contribution in [3.05, 3.63) is 0 Å². The van der Waals surface area contributed by atoms with Gasteiger partial charge in [0.05, 0.1) is 6.61 Å². The van der Waals surface area contributed by atoms with E-state index >= 15 is 0 Å². The predicted octanol–water partition coefficient (Wildman–Crippen LogP) is 0.371. The van der Waals surface area contributed by atoms with Crippen LogP contribution in [0.1, 0.15) is 27.7 Å². The molecule has 1 heterocycles. The molecule has 0 saturated carbocycles. The second kappa shape index (κ2) is 7.31. The van der Waals surface area contributed by atoms with E-state index in [2.05, 4.69) is 42.8 Å². The molecule has 1 aliphatic rings. The fourth-order valence-electron chi connectivity index (χ4n) is 2.41. The largest absolute Gasteiger partial charge is 0.395 e. The van der Waals surface area contributed by atoms with Gasteiger partial charge in [-0.3, -0.25) is 9.80 Å². The van der Waals surface area contributed by atoms with Gasteiger partial charge in [-0.2, -0.15) is 0 Å². The zero-order valence-electron chi connectivity index (χ0n) is 11.8. The molecule has 4 nitrogen and oxygen atoms in total. The summed E-state index contributed by atoms with van der Waals surface area (Å²) in [5.41, 5.74) is 0. The van der Waals surface area contributed by atoms with Crippen LogP contribution in [0.3, 0.4) is 0 Å². The van der Waals surface area contributed by atoms with Gasteiger partial charge in [-0.25, -0.2) is 0 Å². The van der Waals surface area contributed by atoms with Crippen LogP contribution in [0.15, 0.2) is 0 Å². The number of piperazine rings is 1. The van der Waals surface area contributed by atoms with Gasteiger partial charge in [0, 0.05) is 50.8 Å². The Morgan fingerprint density at radius 3 is 2.06 bits per heavy atom. The van der Waals surface area contributed by atoms with Gasteiger partial charge >= 0.3 is 0 Å². The molecule has 0 aliphatic carbocycles. The Labute approximate surface area is 106 Å². The Morgan fingerprint density at radius 2 is 1.65 bits per heavy atom. The average Bonchev–Trinajstić information content (AvgIpc) is 2.28. The Morgan fingerprint density at radius 1 is 1.06 bits per heavy atom. The molecule has 1 saturated heterocycles. The highest BCUT2D eigenvalue weighted by Gasteiger charge is 2.21. The molecule has 0 bridgehead atoms. The van der Waals surface area contributed by atoms with E-state index in [-0.39, 0.29) is 12.6 Å². The van der Waals surface area contributed by atoms with E-state index in [1.165, 1.54) is 0 Å². The van der Waals surface area contributed by atoms with Crippen LogP contribution in [0.25, 0.3) is 0 Å². The summed E-state index contributed by atoms with van der Waals surface area (Å²) in [6.07, 6.45) is 0. The van der Waals surface area contributed by atoms with Crippen LogP contribution in [-0.4, -0.2) is 72.4 Å². The minimum Gasteiger partial charge on any atom is -0.395 e. The summed E-state index contributed by atoms with van der Waals surface area (Å²) in [6.45, 7) is 14.5. The first-order valence-electron chi connectivity index (χ1n) is 6.86. The second-order valence-electron chi connectivity index (χ2n) is 5.63. The maximum atomic E-state index is 9.35. The van der Waals surface area contributed by atoms with Gasteiger partial charge in [0.2, 0.25) is 0 Å². The number of aliphatic hydroxyl groups is 1. The Bertz CT molecular complexity index is 201. The number of nitrogens with zero attached hydrogens (tertiary/aromatic N) is 2. The fourth-order valence-corrected chi connectivity index (χ4v) is 2.41. The van der Waals surface area contributed by atoms with E-state index in [9.17, 15) is 5.11 Å². The van der Waals surface area contributed by atoms with Crippen molar-refractivity contribution < 1.29 is 5.11 Å².